The highest BCUT2D eigenvalue weighted by Crippen LogP contribution is 2.17. The number of benzene rings is 1. The van der Waals surface area contributed by atoms with E-state index in [0.717, 1.165) is 23.2 Å². The molecule has 0 aliphatic rings. The summed E-state index contributed by atoms with van der Waals surface area (Å²) in [6, 6.07) is 2.69. The van der Waals surface area contributed by atoms with E-state index < -0.39 is 17.5 Å². The van der Waals surface area contributed by atoms with Crippen LogP contribution in [0.25, 0.3) is 0 Å². The van der Waals surface area contributed by atoms with Gasteiger partial charge in [-0.05, 0) is 24.6 Å². The van der Waals surface area contributed by atoms with Crippen molar-refractivity contribution in [3.8, 4) is 0 Å². The standard InChI is InChI=1S/C11H9F2N3OS/c1-2-9-15-16-11(18-9)14-10(17)7-5-6(12)3-4-8(7)13/h3-5H,2H2,1H3,(H,14,16,17). The molecule has 0 radical (unpaired) electrons. The first-order valence-electron chi connectivity index (χ1n) is 5.19. The number of carbonyl (C=O) groups is 1. The molecule has 0 spiro atoms. The number of hydrogen-bond donors (Lipinski definition) is 1. The van der Waals surface area contributed by atoms with Crippen molar-refractivity contribution in [2.75, 3.05) is 5.32 Å². The number of aromatic nitrogens is 2. The summed E-state index contributed by atoms with van der Waals surface area (Å²) in [5.41, 5.74) is -0.358. The van der Waals surface area contributed by atoms with E-state index in [9.17, 15) is 13.6 Å². The van der Waals surface area contributed by atoms with E-state index in [1.54, 1.807) is 0 Å². The van der Waals surface area contributed by atoms with Gasteiger partial charge in [0.05, 0.1) is 5.56 Å². The molecule has 0 atom stereocenters. The van der Waals surface area contributed by atoms with Gasteiger partial charge in [0.15, 0.2) is 0 Å². The lowest BCUT2D eigenvalue weighted by Crippen LogP contribution is -2.13. The van der Waals surface area contributed by atoms with Gasteiger partial charge in [-0.1, -0.05) is 18.3 Å². The van der Waals surface area contributed by atoms with Crippen molar-refractivity contribution in [1.82, 2.24) is 10.2 Å². The van der Waals surface area contributed by atoms with Gasteiger partial charge in [0, 0.05) is 0 Å². The zero-order valence-electron chi connectivity index (χ0n) is 9.41. The highest BCUT2D eigenvalue weighted by molar-refractivity contribution is 7.15. The van der Waals surface area contributed by atoms with E-state index in [1.807, 2.05) is 6.92 Å². The molecule has 1 amide bonds. The number of carbonyl (C=O) groups excluding carboxylic acids is 1. The van der Waals surface area contributed by atoms with E-state index >= 15 is 0 Å². The Morgan fingerprint density at radius 2 is 2.17 bits per heavy atom. The third kappa shape index (κ3) is 2.67. The Morgan fingerprint density at radius 1 is 1.39 bits per heavy atom. The summed E-state index contributed by atoms with van der Waals surface area (Å²) in [5, 5.41) is 10.9. The maximum absolute atomic E-state index is 13.3. The second kappa shape index (κ2) is 5.18. The molecule has 0 saturated carbocycles. The van der Waals surface area contributed by atoms with Crippen molar-refractivity contribution in [3.05, 3.63) is 40.4 Å². The van der Waals surface area contributed by atoms with Crippen LogP contribution in [0.15, 0.2) is 18.2 Å². The number of aryl methyl sites for hydroxylation is 1. The highest BCUT2D eigenvalue weighted by atomic mass is 32.1. The van der Waals surface area contributed by atoms with Gasteiger partial charge in [0.1, 0.15) is 16.6 Å². The van der Waals surface area contributed by atoms with Crippen LogP contribution < -0.4 is 5.32 Å². The van der Waals surface area contributed by atoms with Crippen LogP contribution in [0.5, 0.6) is 0 Å². The first kappa shape index (κ1) is 12.6. The van der Waals surface area contributed by atoms with Crippen LogP contribution in [-0.2, 0) is 6.42 Å². The number of rotatable bonds is 3. The largest absolute Gasteiger partial charge is 0.296 e. The first-order valence-corrected chi connectivity index (χ1v) is 6.00. The molecule has 2 rings (SSSR count). The number of hydrogen-bond acceptors (Lipinski definition) is 4. The smallest absolute Gasteiger partial charge is 0.260 e. The number of nitrogens with zero attached hydrogens (tertiary/aromatic N) is 2. The molecule has 0 saturated heterocycles. The molecule has 2 aromatic rings. The molecular weight excluding hydrogens is 260 g/mol. The van der Waals surface area contributed by atoms with Crippen molar-refractivity contribution in [1.29, 1.82) is 0 Å². The predicted molar refractivity (Wildman–Crippen MR) is 63.6 cm³/mol. The highest BCUT2D eigenvalue weighted by Gasteiger charge is 2.14. The van der Waals surface area contributed by atoms with Gasteiger partial charge in [-0.3, -0.25) is 10.1 Å². The fraction of sp³-hybridized carbons (Fsp3) is 0.182. The lowest BCUT2D eigenvalue weighted by atomic mass is 10.2. The summed E-state index contributed by atoms with van der Waals surface area (Å²) in [7, 11) is 0. The Kier molecular flexibility index (Phi) is 3.61. The second-order valence-electron chi connectivity index (χ2n) is 3.43. The molecule has 18 heavy (non-hydrogen) atoms. The lowest BCUT2D eigenvalue weighted by molar-refractivity contribution is 0.102. The minimum absolute atomic E-state index is 0.264. The first-order chi connectivity index (χ1) is 8.60. The SMILES string of the molecule is CCc1nnc(NC(=O)c2cc(F)ccc2F)s1. The molecule has 4 nitrogen and oxygen atoms in total. The number of nitrogens with one attached hydrogen (secondary N) is 1. The van der Waals surface area contributed by atoms with Crippen LogP contribution in [0.4, 0.5) is 13.9 Å². The molecule has 1 aromatic heterocycles. The molecule has 1 N–H and O–H groups in total. The zero-order valence-corrected chi connectivity index (χ0v) is 10.2. The Hall–Kier alpha value is -1.89. The average molecular weight is 269 g/mol. The maximum Gasteiger partial charge on any atom is 0.260 e. The Labute approximate surface area is 106 Å². The zero-order chi connectivity index (χ0) is 13.1. The van der Waals surface area contributed by atoms with Gasteiger partial charge < -0.3 is 0 Å². The Balaban J connectivity index is 2.19. The molecule has 0 aliphatic carbocycles. The van der Waals surface area contributed by atoms with Crippen molar-refractivity contribution in [2.45, 2.75) is 13.3 Å². The van der Waals surface area contributed by atoms with Gasteiger partial charge in [0.2, 0.25) is 5.13 Å². The molecule has 0 aliphatic heterocycles. The van der Waals surface area contributed by atoms with Crippen LogP contribution in [0.2, 0.25) is 0 Å². The lowest BCUT2D eigenvalue weighted by Gasteiger charge is -2.02. The van der Waals surface area contributed by atoms with Gasteiger partial charge in [0.25, 0.3) is 5.91 Å². The average Bonchev–Trinajstić information content (AvgIpc) is 2.80. The molecule has 0 bridgehead atoms. The molecule has 0 unspecified atom stereocenters. The molecular formula is C11H9F2N3OS. The fourth-order valence-corrected chi connectivity index (χ4v) is 1.96. The summed E-state index contributed by atoms with van der Waals surface area (Å²) in [5.74, 6) is -2.20. The summed E-state index contributed by atoms with van der Waals surface area (Å²) in [6.45, 7) is 1.90. The van der Waals surface area contributed by atoms with Gasteiger partial charge in [-0.25, -0.2) is 8.78 Å². The summed E-state index contributed by atoms with van der Waals surface area (Å²) in [6.07, 6.45) is 0.696. The fourth-order valence-electron chi connectivity index (χ4n) is 1.28. The van der Waals surface area contributed by atoms with E-state index in [-0.39, 0.29) is 10.7 Å². The second-order valence-corrected chi connectivity index (χ2v) is 4.49. The predicted octanol–water partition coefficient (Wildman–Crippen LogP) is 2.63. The van der Waals surface area contributed by atoms with Crippen molar-refractivity contribution < 1.29 is 13.6 Å². The van der Waals surface area contributed by atoms with Crippen LogP contribution in [0, 0.1) is 11.6 Å². The van der Waals surface area contributed by atoms with E-state index in [1.165, 1.54) is 11.3 Å². The third-order valence-corrected chi connectivity index (χ3v) is 3.15. The van der Waals surface area contributed by atoms with Crippen LogP contribution in [0.1, 0.15) is 22.3 Å². The Bertz CT molecular complexity index is 585. The van der Waals surface area contributed by atoms with Crippen LogP contribution >= 0.6 is 11.3 Å². The normalized spacial score (nSPS) is 10.4. The van der Waals surface area contributed by atoms with E-state index in [2.05, 4.69) is 15.5 Å². The van der Waals surface area contributed by atoms with Crippen molar-refractivity contribution >= 4 is 22.4 Å². The minimum atomic E-state index is -0.783. The number of anilines is 1. The summed E-state index contributed by atoms with van der Waals surface area (Å²) >= 11 is 1.20. The molecule has 1 aromatic carbocycles. The van der Waals surface area contributed by atoms with Crippen LogP contribution in [0.3, 0.4) is 0 Å². The molecule has 7 heteroatoms. The summed E-state index contributed by atoms with van der Waals surface area (Å²) < 4.78 is 26.3. The van der Waals surface area contributed by atoms with Crippen molar-refractivity contribution in [2.24, 2.45) is 0 Å². The molecule has 94 valence electrons. The Morgan fingerprint density at radius 3 is 2.83 bits per heavy atom. The van der Waals surface area contributed by atoms with Gasteiger partial charge >= 0.3 is 0 Å². The van der Waals surface area contributed by atoms with Gasteiger partial charge in [-0.15, -0.1) is 10.2 Å². The molecule has 1 heterocycles. The molecule has 0 fully saturated rings. The van der Waals surface area contributed by atoms with E-state index in [0.29, 0.717) is 6.42 Å². The number of halogens is 2. The van der Waals surface area contributed by atoms with Crippen LogP contribution in [-0.4, -0.2) is 16.1 Å². The van der Waals surface area contributed by atoms with Gasteiger partial charge in [-0.2, -0.15) is 0 Å². The topological polar surface area (TPSA) is 54.9 Å². The monoisotopic (exact) mass is 269 g/mol. The third-order valence-electron chi connectivity index (χ3n) is 2.16. The van der Waals surface area contributed by atoms with Crippen molar-refractivity contribution in [3.63, 3.8) is 0 Å². The summed E-state index contributed by atoms with van der Waals surface area (Å²) in [4.78, 5) is 11.7. The number of amides is 1. The minimum Gasteiger partial charge on any atom is -0.296 e. The maximum atomic E-state index is 13.3. The quantitative estimate of drug-likeness (QED) is 0.932. The van der Waals surface area contributed by atoms with E-state index in [4.69, 9.17) is 0 Å².